The van der Waals surface area contributed by atoms with Gasteiger partial charge in [0.1, 0.15) is 11.9 Å². The largest absolute Gasteiger partial charge is 0.496 e. The summed E-state index contributed by atoms with van der Waals surface area (Å²) in [6, 6.07) is 13.3. The van der Waals surface area contributed by atoms with Crippen LogP contribution in [-0.4, -0.2) is 54.8 Å². The topological polar surface area (TPSA) is 76.1 Å². The van der Waals surface area contributed by atoms with Crippen molar-refractivity contribution in [3.8, 4) is 16.9 Å². The Balaban J connectivity index is 1.24. The molecule has 6 nitrogen and oxygen atoms in total. The van der Waals surface area contributed by atoms with Crippen molar-refractivity contribution in [2.45, 2.75) is 44.1 Å². The Hall–Kier alpha value is -2.86. The summed E-state index contributed by atoms with van der Waals surface area (Å²) in [6.07, 6.45) is 4.93. The molecule has 2 aromatic carbocycles. The van der Waals surface area contributed by atoms with Gasteiger partial charge >= 0.3 is 5.97 Å². The average Bonchev–Trinajstić information content (AvgIpc) is 3.48. The van der Waals surface area contributed by atoms with Gasteiger partial charge in [-0.25, -0.2) is 4.79 Å². The van der Waals surface area contributed by atoms with Crippen LogP contribution in [0.3, 0.4) is 0 Å². The van der Waals surface area contributed by atoms with Crippen molar-refractivity contribution in [3.05, 3.63) is 53.6 Å². The van der Waals surface area contributed by atoms with Crippen LogP contribution in [0.25, 0.3) is 11.1 Å². The number of benzene rings is 2. The van der Waals surface area contributed by atoms with Gasteiger partial charge in [0.25, 0.3) is 5.91 Å². The van der Waals surface area contributed by atoms with Gasteiger partial charge in [0.05, 0.1) is 12.7 Å². The first-order valence-corrected chi connectivity index (χ1v) is 11.4. The Morgan fingerprint density at radius 2 is 1.94 bits per heavy atom. The molecule has 6 heteroatoms. The highest BCUT2D eigenvalue weighted by Gasteiger charge is 2.50. The number of aromatic carboxylic acids is 1. The molecule has 0 radical (unpaired) electrons. The highest BCUT2D eigenvalue weighted by atomic mass is 16.5. The van der Waals surface area contributed by atoms with E-state index in [0.717, 1.165) is 56.3 Å². The van der Waals surface area contributed by atoms with Crippen LogP contribution in [0.15, 0.2) is 42.5 Å². The number of hydrogen-bond donors (Lipinski definition) is 1. The van der Waals surface area contributed by atoms with Crippen LogP contribution in [0.2, 0.25) is 0 Å². The molecule has 1 saturated carbocycles. The fraction of sp³-hybridized carbons (Fsp3) is 0.462. The molecule has 1 spiro atoms. The first-order chi connectivity index (χ1) is 15.5. The van der Waals surface area contributed by atoms with Gasteiger partial charge in [0.15, 0.2) is 0 Å². The summed E-state index contributed by atoms with van der Waals surface area (Å²) in [5, 5.41) is 9.32. The van der Waals surface area contributed by atoms with Crippen molar-refractivity contribution in [2.24, 2.45) is 5.41 Å². The molecule has 2 aromatic rings. The average molecular weight is 436 g/mol. The minimum absolute atomic E-state index is 0.185. The standard InChI is InChI=1S/C26H29NO5/c1-31-22-9-8-19(25(29)30)13-21(22)18-6-4-17(5-7-18)20-14-26(15-20)10-11-27(16-26)24(28)23-3-2-12-32-23/h4-9,13,20,23H,2-3,10-12,14-16H2,1H3,(H,29,30)/t20-,23-,26-/m1/s1. The summed E-state index contributed by atoms with van der Waals surface area (Å²) in [6.45, 7) is 2.42. The van der Waals surface area contributed by atoms with E-state index in [1.807, 2.05) is 17.0 Å². The Kier molecular flexibility index (Phi) is 5.41. The first kappa shape index (κ1) is 21.0. The number of methoxy groups -OCH3 is 1. The molecule has 2 aliphatic heterocycles. The van der Waals surface area contributed by atoms with Crippen molar-refractivity contribution in [3.63, 3.8) is 0 Å². The quantitative estimate of drug-likeness (QED) is 0.756. The molecule has 5 rings (SSSR count). The number of amides is 1. The van der Waals surface area contributed by atoms with E-state index in [4.69, 9.17) is 9.47 Å². The van der Waals surface area contributed by atoms with Gasteiger partial charge in [-0.15, -0.1) is 0 Å². The first-order valence-electron chi connectivity index (χ1n) is 11.4. The third-order valence-electron chi connectivity index (χ3n) is 7.45. The second-order valence-corrected chi connectivity index (χ2v) is 9.46. The maximum absolute atomic E-state index is 12.7. The maximum atomic E-state index is 12.7. The molecule has 2 heterocycles. The van der Waals surface area contributed by atoms with Crippen LogP contribution in [0.1, 0.15) is 53.9 Å². The third-order valence-corrected chi connectivity index (χ3v) is 7.45. The molecule has 0 aromatic heterocycles. The Morgan fingerprint density at radius 1 is 1.16 bits per heavy atom. The van der Waals surface area contributed by atoms with Gasteiger partial charge in [0, 0.05) is 25.3 Å². The van der Waals surface area contributed by atoms with Gasteiger partial charge in [-0.05, 0) is 72.8 Å². The lowest BCUT2D eigenvalue weighted by Gasteiger charge is -2.45. The fourth-order valence-electron chi connectivity index (χ4n) is 5.66. The Morgan fingerprint density at radius 3 is 2.59 bits per heavy atom. The fourth-order valence-corrected chi connectivity index (χ4v) is 5.66. The zero-order valence-electron chi connectivity index (χ0n) is 18.4. The van der Waals surface area contributed by atoms with E-state index in [0.29, 0.717) is 18.3 Å². The van der Waals surface area contributed by atoms with Crippen LogP contribution in [0.5, 0.6) is 5.75 Å². The molecule has 0 unspecified atom stereocenters. The van der Waals surface area contributed by atoms with Gasteiger partial charge in [0.2, 0.25) is 0 Å². The van der Waals surface area contributed by atoms with Crippen LogP contribution < -0.4 is 4.74 Å². The number of carbonyl (C=O) groups excluding carboxylic acids is 1. The second kappa shape index (κ2) is 8.24. The lowest BCUT2D eigenvalue weighted by molar-refractivity contribution is -0.140. The Labute approximate surface area is 188 Å². The molecule has 1 amide bonds. The minimum atomic E-state index is -0.950. The van der Waals surface area contributed by atoms with E-state index >= 15 is 0 Å². The second-order valence-electron chi connectivity index (χ2n) is 9.46. The predicted molar refractivity (Wildman–Crippen MR) is 120 cm³/mol. The summed E-state index contributed by atoms with van der Waals surface area (Å²) in [5.74, 6) is 0.403. The third kappa shape index (κ3) is 3.77. The zero-order valence-corrected chi connectivity index (χ0v) is 18.4. The van der Waals surface area contributed by atoms with Gasteiger partial charge in [-0.3, -0.25) is 4.79 Å². The van der Waals surface area contributed by atoms with Crippen molar-refractivity contribution in [1.29, 1.82) is 0 Å². The normalized spacial score (nSPS) is 26.8. The molecule has 3 fully saturated rings. The molecule has 2 saturated heterocycles. The van der Waals surface area contributed by atoms with Gasteiger partial charge in [-0.1, -0.05) is 24.3 Å². The van der Waals surface area contributed by atoms with E-state index in [-0.39, 0.29) is 23.0 Å². The number of hydrogen-bond acceptors (Lipinski definition) is 4. The number of ether oxygens (including phenoxy) is 2. The Bertz CT molecular complexity index is 1020. The number of carboxylic acids is 1. The number of carboxylic acid groups (broad SMARTS) is 1. The molecular weight excluding hydrogens is 406 g/mol. The van der Waals surface area contributed by atoms with Gasteiger partial charge in [-0.2, -0.15) is 0 Å². The molecule has 1 atom stereocenters. The number of carbonyl (C=O) groups is 2. The number of likely N-dealkylation sites (tertiary alicyclic amines) is 1. The van der Waals surface area contributed by atoms with Crippen molar-refractivity contribution in [1.82, 2.24) is 4.90 Å². The summed E-state index contributed by atoms with van der Waals surface area (Å²) in [4.78, 5) is 26.1. The van der Waals surface area contributed by atoms with Crippen LogP contribution >= 0.6 is 0 Å². The minimum Gasteiger partial charge on any atom is -0.496 e. The maximum Gasteiger partial charge on any atom is 0.335 e. The molecule has 1 N–H and O–H groups in total. The lowest BCUT2D eigenvalue weighted by atomic mass is 9.59. The zero-order chi connectivity index (χ0) is 22.3. The van der Waals surface area contributed by atoms with Crippen LogP contribution in [-0.2, 0) is 9.53 Å². The van der Waals surface area contributed by atoms with Crippen molar-refractivity contribution in [2.75, 3.05) is 26.8 Å². The predicted octanol–water partition coefficient (Wildman–Crippen LogP) is 4.34. The van der Waals surface area contributed by atoms with Gasteiger partial charge < -0.3 is 19.5 Å². The van der Waals surface area contributed by atoms with Crippen LogP contribution in [0, 0.1) is 5.41 Å². The number of nitrogens with zero attached hydrogens (tertiary/aromatic N) is 1. The highest BCUT2D eigenvalue weighted by Crippen LogP contribution is 2.56. The molecule has 168 valence electrons. The van der Waals surface area contributed by atoms with E-state index in [9.17, 15) is 14.7 Å². The summed E-state index contributed by atoms with van der Waals surface area (Å²) >= 11 is 0. The molecule has 3 aliphatic rings. The van der Waals surface area contributed by atoms with E-state index in [1.165, 1.54) is 5.56 Å². The SMILES string of the molecule is COc1ccc(C(=O)O)cc1-c1ccc([C@H]2C[C@@]3(CCN(C(=O)[C@H]4CCCO4)C3)C2)cc1. The summed E-state index contributed by atoms with van der Waals surface area (Å²) in [5.41, 5.74) is 3.53. The van der Waals surface area contributed by atoms with E-state index < -0.39 is 5.97 Å². The van der Waals surface area contributed by atoms with Crippen molar-refractivity contribution >= 4 is 11.9 Å². The van der Waals surface area contributed by atoms with E-state index in [2.05, 4.69) is 12.1 Å². The van der Waals surface area contributed by atoms with Crippen molar-refractivity contribution < 1.29 is 24.2 Å². The molecule has 32 heavy (non-hydrogen) atoms. The monoisotopic (exact) mass is 435 g/mol. The highest BCUT2D eigenvalue weighted by molar-refractivity contribution is 5.90. The number of rotatable bonds is 5. The molecular formula is C26H29NO5. The summed E-state index contributed by atoms with van der Waals surface area (Å²) in [7, 11) is 1.59. The molecule has 1 aliphatic carbocycles. The molecule has 0 bridgehead atoms. The van der Waals surface area contributed by atoms with E-state index in [1.54, 1.807) is 25.3 Å². The smallest absolute Gasteiger partial charge is 0.335 e. The van der Waals surface area contributed by atoms with Crippen LogP contribution in [0.4, 0.5) is 0 Å². The summed E-state index contributed by atoms with van der Waals surface area (Å²) < 4.78 is 11.0. The lowest BCUT2D eigenvalue weighted by Crippen LogP contribution is -2.42.